The monoisotopic (exact) mass is 186 g/mol. The van der Waals surface area contributed by atoms with Crippen molar-refractivity contribution in [3.8, 4) is 0 Å². The molecule has 0 spiro atoms. The number of fused-ring (bicyclic) bond motifs is 2. The average molecular weight is 186 g/mol. The molecule has 0 saturated carbocycles. The predicted molar refractivity (Wildman–Crippen MR) is 57.3 cm³/mol. The number of pyridine rings is 1. The van der Waals surface area contributed by atoms with E-state index in [4.69, 9.17) is 0 Å². The Kier molecular flexibility index (Phi) is 1.79. The van der Waals surface area contributed by atoms with Crippen molar-refractivity contribution >= 4 is 5.69 Å². The lowest BCUT2D eigenvalue weighted by atomic mass is 10.1. The number of rotatable bonds is 1. The standard InChI is InChI=1S/C12H14N2/c1-2-10-4-5-11(3-1)14(10)12-6-8-13-9-7-12/h1-2,6-11H,3-5H2. The van der Waals surface area contributed by atoms with Crippen LogP contribution in [-0.2, 0) is 0 Å². The van der Waals surface area contributed by atoms with Gasteiger partial charge in [0.2, 0.25) is 0 Å². The summed E-state index contributed by atoms with van der Waals surface area (Å²) < 4.78 is 0. The molecule has 0 amide bonds. The van der Waals surface area contributed by atoms with E-state index in [1.54, 1.807) is 0 Å². The highest BCUT2D eigenvalue weighted by Gasteiger charge is 2.33. The molecule has 1 fully saturated rings. The first-order valence-corrected chi connectivity index (χ1v) is 5.30. The van der Waals surface area contributed by atoms with Gasteiger partial charge in [0.1, 0.15) is 0 Å². The molecule has 2 bridgehead atoms. The van der Waals surface area contributed by atoms with Crippen LogP contribution < -0.4 is 4.90 Å². The van der Waals surface area contributed by atoms with E-state index in [1.807, 2.05) is 12.4 Å². The topological polar surface area (TPSA) is 16.1 Å². The van der Waals surface area contributed by atoms with E-state index in [9.17, 15) is 0 Å². The zero-order chi connectivity index (χ0) is 9.38. The van der Waals surface area contributed by atoms with Gasteiger partial charge in [0.25, 0.3) is 0 Å². The highest BCUT2D eigenvalue weighted by Crippen LogP contribution is 2.35. The number of hydrogen-bond donors (Lipinski definition) is 0. The third kappa shape index (κ3) is 1.14. The largest absolute Gasteiger partial charge is 0.362 e. The fraction of sp³-hybridized carbons (Fsp3) is 0.417. The Morgan fingerprint density at radius 1 is 1.21 bits per heavy atom. The van der Waals surface area contributed by atoms with Gasteiger partial charge in [-0.2, -0.15) is 0 Å². The average Bonchev–Trinajstić information content (AvgIpc) is 2.50. The third-order valence-electron chi connectivity index (χ3n) is 3.27. The minimum atomic E-state index is 0.635. The van der Waals surface area contributed by atoms with E-state index in [1.165, 1.54) is 24.9 Å². The van der Waals surface area contributed by atoms with Gasteiger partial charge >= 0.3 is 0 Å². The molecular formula is C12H14N2. The lowest BCUT2D eigenvalue weighted by Crippen LogP contribution is -2.37. The fourth-order valence-electron chi connectivity index (χ4n) is 2.64. The van der Waals surface area contributed by atoms with E-state index in [0.29, 0.717) is 6.04 Å². The molecule has 1 aromatic heterocycles. The van der Waals surface area contributed by atoms with Crippen LogP contribution in [0.15, 0.2) is 36.7 Å². The molecule has 2 aliphatic rings. The molecule has 2 aliphatic heterocycles. The number of hydrogen-bond acceptors (Lipinski definition) is 2. The molecule has 3 rings (SSSR count). The normalized spacial score (nSPS) is 29.6. The summed E-state index contributed by atoms with van der Waals surface area (Å²) >= 11 is 0. The van der Waals surface area contributed by atoms with Crippen molar-refractivity contribution in [1.29, 1.82) is 0 Å². The van der Waals surface area contributed by atoms with Crippen LogP contribution in [0, 0.1) is 0 Å². The molecular weight excluding hydrogens is 172 g/mol. The first kappa shape index (κ1) is 8.04. The molecule has 1 aromatic rings. The molecule has 2 atom stereocenters. The molecule has 14 heavy (non-hydrogen) atoms. The summed E-state index contributed by atoms with van der Waals surface area (Å²) in [6, 6.07) is 5.60. The van der Waals surface area contributed by atoms with E-state index < -0.39 is 0 Å². The second-order valence-corrected chi connectivity index (χ2v) is 4.08. The maximum atomic E-state index is 4.07. The van der Waals surface area contributed by atoms with E-state index in [-0.39, 0.29) is 0 Å². The van der Waals surface area contributed by atoms with Gasteiger partial charge in [-0.1, -0.05) is 12.2 Å². The Bertz CT molecular complexity index is 345. The van der Waals surface area contributed by atoms with Crippen LogP contribution in [0.1, 0.15) is 19.3 Å². The Balaban J connectivity index is 1.96. The Morgan fingerprint density at radius 3 is 2.86 bits per heavy atom. The van der Waals surface area contributed by atoms with Crippen LogP contribution in [-0.4, -0.2) is 17.1 Å². The van der Waals surface area contributed by atoms with Gasteiger partial charge in [-0.25, -0.2) is 0 Å². The molecule has 2 heteroatoms. The third-order valence-corrected chi connectivity index (χ3v) is 3.27. The van der Waals surface area contributed by atoms with Crippen LogP contribution in [0.4, 0.5) is 5.69 Å². The maximum absolute atomic E-state index is 4.07. The SMILES string of the molecule is C1=CC2CCC(C1)N2c1ccncc1. The van der Waals surface area contributed by atoms with Crippen LogP contribution in [0.25, 0.3) is 0 Å². The predicted octanol–water partition coefficient (Wildman–Crippen LogP) is 2.38. The minimum Gasteiger partial charge on any atom is -0.362 e. The number of aromatic nitrogens is 1. The number of anilines is 1. The van der Waals surface area contributed by atoms with Gasteiger partial charge in [-0.15, -0.1) is 0 Å². The van der Waals surface area contributed by atoms with E-state index in [0.717, 1.165) is 6.04 Å². The van der Waals surface area contributed by atoms with Gasteiger partial charge < -0.3 is 4.90 Å². The molecule has 2 unspecified atom stereocenters. The van der Waals surface area contributed by atoms with Crippen molar-refractivity contribution in [2.24, 2.45) is 0 Å². The highest BCUT2D eigenvalue weighted by molar-refractivity contribution is 5.50. The summed E-state index contributed by atoms with van der Waals surface area (Å²) in [7, 11) is 0. The second kappa shape index (κ2) is 3.12. The zero-order valence-corrected chi connectivity index (χ0v) is 8.13. The first-order valence-electron chi connectivity index (χ1n) is 5.30. The second-order valence-electron chi connectivity index (χ2n) is 4.08. The van der Waals surface area contributed by atoms with E-state index >= 15 is 0 Å². The smallest absolute Gasteiger partial charge is 0.0477 e. The van der Waals surface area contributed by atoms with Crippen molar-refractivity contribution in [2.45, 2.75) is 31.3 Å². The highest BCUT2D eigenvalue weighted by atomic mass is 15.2. The van der Waals surface area contributed by atoms with Crippen LogP contribution in [0.3, 0.4) is 0 Å². The molecule has 2 nitrogen and oxygen atoms in total. The maximum Gasteiger partial charge on any atom is 0.0477 e. The molecule has 0 radical (unpaired) electrons. The lowest BCUT2D eigenvalue weighted by Gasteiger charge is -2.33. The summed E-state index contributed by atoms with van der Waals surface area (Å²) in [5.74, 6) is 0. The van der Waals surface area contributed by atoms with Crippen molar-refractivity contribution < 1.29 is 0 Å². The zero-order valence-electron chi connectivity index (χ0n) is 8.13. The van der Waals surface area contributed by atoms with Crippen molar-refractivity contribution in [1.82, 2.24) is 4.98 Å². The van der Waals surface area contributed by atoms with Crippen molar-refractivity contribution in [3.05, 3.63) is 36.7 Å². The van der Waals surface area contributed by atoms with Crippen LogP contribution >= 0.6 is 0 Å². The number of nitrogens with zero attached hydrogens (tertiary/aromatic N) is 2. The molecule has 0 N–H and O–H groups in total. The molecule has 1 saturated heterocycles. The van der Waals surface area contributed by atoms with Crippen LogP contribution in [0.5, 0.6) is 0 Å². The summed E-state index contributed by atoms with van der Waals surface area (Å²) in [5.41, 5.74) is 1.33. The summed E-state index contributed by atoms with van der Waals surface area (Å²) in [5, 5.41) is 0. The first-order chi connectivity index (χ1) is 6.95. The van der Waals surface area contributed by atoms with Crippen molar-refractivity contribution in [2.75, 3.05) is 4.90 Å². The fourth-order valence-corrected chi connectivity index (χ4v) is 2.64. The minimum absolute atomic E-state index is 0.635. The van der Waals surface area contributed by atoms with Gasteiger partial charge in [0.05, 0.1) is 0 Å². The van der Waals surface area contributed by atoms with Gasteiger partial charge in [0.15, 0.2) is 0 Å². The van der Waals surface area contributed by atoms with Gasteiger partial charge in [0, 0.05) is 30.2 Å². The summed E-state index contributed by atoms with van der Waals surface area (Å²) in [4.78, 5) is 6.61. The Labute approximate surface area is 84.3 Å². The molecule has 72 valence electrons. The van der Waals surface area contributed by atoms with E-state index in [2.05, 4.69) is 34.2 Å². The Hall–Kier alpha value is -1.31. The summed E-state index contributed by atoms with van der Waals surface area (Å²) in [6.45, 7) is 0. The molecule has 0 aromatic carbocycles. The molecule has 0 aliphatic carbocycles. The van der Waals surface area contributed by atoms with Crippen LogP contribution in [0.2, 0.25) is 0 Å². The summed E-state index contributed by atoms with van der Waals surface area (Å²) in [6.07, 6.45) is 12.3. The van der Waals surface area contributed by atoms with Gasteiger partial charge in [-0.3, -0.25) is 4.98 Å². The lowest BCUT2D eigenvalue weighted by molar-refractivity contribution is 0.648. The molecule has 3 heterocycles. The van der Waals surface area contributed by atoms with Gasteiger partial charge in [-0.05, 0) is 31.4 Å². The van der Waals surface area contributed by atoms with Crippen molar-refractivity contribution in [3.63, 3.8) is 0 Å². The Morgan fingerprint density at radius 2 is 2.07 bits per heavy atom. The quantitative estimate of drug-likeness (QED) is 0.626.